The van der Waals surface area contributed by atoms with Crippen molar-refractivity contribution in [1.82, 2.24) is 20.1 Å². The van der Waals surface area contributed by atoms with Crippen LogP contribution in [0, 0.1) is 0 Å². The Morgan fingerprint density at radius 3 is 2.75 bits per heavy atom. The highest BCUT2D eigenvalue weighted by molar-refractivity contribution is 5.28. The summed E-state index contributed by atoms with van der Waals surface area (Å²) in [6, 6.07) is 2.46. The predicted molar refractivity (Wildman–Crippen MR) is 81.6 cm³/mol. The third-order valence-corrected chi connectivity index (χ3v) is 3.60. The number of aryl methyl sites for hydroxylation is 2. The number of nitrogens with zero attached hydrogens (tertiary/aromatic N) is 3. The zero-order valence-electron chi connectivity index (χ0n) is 12.6. The van der Waals surface area contributed by atoms with Crippen molar-refractivity contribution in [3.8, 4) is 0 Å². The van der Waals surface area contributed by atoms with Gasteiger partial charge in [0.05, 0.1) is 6.20 Å². The van der Waals surface area contributed by atoms with Gasteiger partial charge in [-0.3, -0.25) is 9.67 Å². The molecule has 0 aromatic carbocycles. The molecule has 108 valence electrons. The number of hydrogen-bond acceptors (Lipinski definition) is 3. The SMILES string of the molecule is CCNC(Cc1cnn(CC)c1)c1ccncc1CC. The second kappa shape index (κ2) is 7.20. The van der Waals surface area contributed by atoms with Gasteiger partial charge in [-0.05, 0) is 49.1 Å². The van der Waals surface area contributed by atoms with Crippen molar-refractivity contribution in [3.63, 3.8) is 0 Å². The third kappa shape index (κ3) is 3.45. The first-order valence-electron chi connectivity index (χ1n) is 7.45. The topological polar surface area (TPSA) is 42.7 Å². The van der Waals surface area contributed by atoms with Crippen LogP contribution < -0.4 is 5.32 Å². The lowest BCUT2D eigenvalue weighted by Gasteiger charge is -2.20. The molecule has 0 saturated carbocycles. The highest BCUT2D eigenvalue weighted by atomic mass is 15.3. The van der Waals surface area contributed by atoms with Crippen LogP contribution in [0.4, 0.5) is 0 Å². The Kier molecular flexibility index (Phi) is 5.30. The summed E-state index contributed by atoms with van der Waals surface area (Å²) >= 11 is 0. The number of rotatable bonds is 7. The number of hydrogen-bond donors (Lipinski definition) is 1. The van der Waals surface area contributed by atoms with Gasteiger partial charge >= 0.3 is 0 Å². The Bertz CT molecular complexity index is 533. The Hall–Kier alpha value is -1.68. The molecule has 1 atom stereocenters. The van der Waals surface area contributed by atoms with Crippen LogP contribution >= 0.6 is 0 Å². The van der Waals surface area contributed by atoms with E-state index in [0.29, 0.717) is 6.04 Å². The first kappa shape index (κ1) is 14.7. The first-order valence-corrected chi connectivity index (χ1v) is 7.45. The molecular weight excluding hydrogens is 248 g/mol. The molecule has 0 fully saturated rings. The molecule has 2 aromatic heterocycles. The second-order valence-corrected chi connectivity index (χ2v) is 4.95. The van der Waals surface area contributed by atoms with E-state index in [1.165, 1.54) is 16.7 Å². The van der Waals surface area contributed by atoms with E-state index in [9.17, 15) is 0 Å². The molecule has 0 aliphatic carbocycles. The molecule has 1 unspecified atom stereocenters. The maximum Gasteiger partial charge on any atom is 0.0522 e. The molecule has 20 heavy (non-hydrogen) atoms. The molecule has 0 radical (unpaired) electrons. The molecule has 4 nitrogen and oxygen atoms in total. The Morgan fingerprint density at radius 1 is 1.25 bits per heavy atom. The monoisotopic (exact) mass is 272 g/mol. The fraction of sp³-hybridized carbons (Fsp3) is 0.500. The van der Waals surface area contributed by atoms with Crippen LogP contribution in [0.25, 0.3) is 0 Å². The van der Waals surface area contributed by atoms with Crippen LogP contribution in [0.5, 0.6) is 0 Å². The summed E-state index contributed by atoms with van der Waals surface area (Å²) in [7, 11) is 0. The maximum absolute atomic E-state index is 4.36. The molecule has 2 heterocycles. The Balaban J connectivity index is 2.21. The molecular formula is C16H24N4. The fourth-order valence-corrected chi connectivity index (χ4v) is 2.53. The van der Waals surface area contributed by atoms with Crippen LogP contribution in [0.15, 0.2) is 30.9 Å². The van der Waals surface area contributed by atoms with Crippen molar-refractivity contribution in [2.45, 2.75) is 46.2 Å². The molecule has 0 spiro atoms. The zero-order chi connectivity index (χ0) is 14.4. The fourth-order valence-electron chi connectivity index (χ4n) is 2.53. The van der Waals surface area contributed by atoms with E-state index in [2.05, 4.69) is 48.4 Å². The highest BCUT2D eigenvalue weighted by Gasteiger charge is 2.15. The van der Waals surface area contributed by atoms with Crippen molar-refractivity contribution >= 4 is 0 Å². The number of pyridine rings is 1. The van der Waals surface area contributed by atoms with E-state index >= 15 is 0 Å². The van der Waals surface area contributed by atoms with Crippen LogP contribution in [0.3, 0.4) is 0 Å². The van der Waals surface area contributed by atoms with Crippen molar-refractivity contribution in [3.05, 3.63) is 47.5 Å². The lowest BCUT2D eigenvalue weighted by molar-refractivity contribution is 0.544. The molecule has 0 bridgehead atoms. The van der Waals surface area contributed by atoms with Crippen molar-refractivity contribution in [2.75, 3.05) is 6.54 Å². The Morgan fingerprint density at radius 2 is 2.10 bits per heavy atom. The van der Waals surface area contributed by atoms with Gasteiger partial charge < -0.3 is 5.32 Å². The maximum atomic E-state index is 4.36. The summed E-state index contributed by atoms with van der Waals surface area (Å²) in [5.74, 6) is 0. The van der Waals surface area contributed by atoms with Crippen molar-refractivity contribution in [2.24, 2.45) is 0 Å². The van der Waals surface area contributed by atoms with Gasteiger partial charge in [0.1, 0.15) is 0 Å². The largest absolute Gasteiger partial charge is 0.310 e. The standard InChI is InChI=1S/C16H24N4/c1-4-14-11-17-8-7-15(14)16(18-5-2)9-13-10-19-20(6-3)12-13/h7-8,10-12,16,18H,4-6,9H2,1-3H3. The minimum Gasteiger partial charge on any atom is -0.310 e. The number of nitrogens with one attached hydrogen (secondary N) is 1. The summed E-state index contributed by atoms with van der Waals surface area (Å²) in [5.41, 5.74) is 3.95. The molecule has 1 N–H and O–H groups in total. The highest BCUT2D eigenvalue weighted by Crippen LogP contribution is 2.21. The molecule has 0 saturated heterocycles. The van der Waals surface area contributed by atoms with E-state index in [1.807, 2.05) is 23.3 Å². The van der Waals surface area contributed by atoms with Crippen LogP contribution in [0.2, 0.25) is 0 Å². The minimum absolute atomic E-state index is 0.326. The van der Waals surface area contributed by atoms with Gasteiger partial charge in [0.15, 0.2) is 0 Å². The van der Waals surface area contributed by atoms with E-state index in [1.54, 1.807) is 0 Å². The van der Waals surface area contributed by atoms with E-state index in [0.717, 1.165) is 25.9 Å². The lowest BCUT2D eigenvalue weighted by Crippen LogP contribution is -2.24. The van der Waals surface area contributed by atoms with E-state index < -0.39 is 0 Å². The lowest BCUT2D eigenvalue weighted by atomic mass is 9.96. The second-order valence-electron chi connectivity index (χ2n) is 4.95. The molecule has 4 heteroatoms. The third-order valence-electron chi connectivity index (χ3n) is 3.60. The van der Waals surface area contributed by atoms with Gasteiger partial charge in [0, 0.05) is 31.2 Å². The van der Waals surface area contributed by atoms with Gasteiger partial charge in [0.25, 0.3) is 0 Å². The van der Waals surface area contributed by atoms with Gasteiger partial charge in [-0.25, -0.2) is 0 Å². The first-order chi connectivity index (χ1) is 9.78. The van der Waals surface area contributed by atoms with Gasteiger partial charge in [-0.15, -0.1) is 0 Å². The van der Waals surface area contributed by atoms with Crippen LogP contribution in [0.1, 0.15) is 43.5 Å². The summed E-state index contributed by atoms with van der Waals surface area (Å²) in [6.45, 7) is 8.31. The summed E-state index contributed by atoms with van der Waals surface area (Å²) in [6.07, 6.45) is 9.95. The molecule has 0 aliphatic heterocycles. The average Bonchev–Trinajstić information content (AvgIpc) is 2.94. The Labute approximate surface area is 121 Å². The van der Waals surface area contributed by atoms with E-state index in [-0.39, 0.29) is 0 Å². The van der Waals surface area contributed by atoms with E-state index in [4.69, 9.17) is 0 Å². The molecule has 0 aliphatic rings. The quantitative estimate of drug-likeness (QED) is 0.843. The average molecular weight is 272 g/mol. The zero-order valence-corrected chi connectivity index (χ0v) is 12.6. The summed E-state index contributed by atoms with van der Waals surface area (Å²) in [5, 5.41) is 7.95. The molecule has 2 rings (SSSR count). The van der Waals surface area contributed by atoms with Crippen molar-refractivity contribution in [1.29, 1.82) is 0 Å². The van der Waals surface area contributed by atoms with Gasteiger partial charge in [-0.2, -0.15) is 5.10 Å². The number of aromatic nitrogens is 3. The molecule has 0 amide bonds. The number of likely N-dealkylation sites (N-methyl/N-ethyl adjacent to an activating group) is 1. The predicted octanol–water partition coefficient (Wildman–Crippen LogP) is 2.75. The minimum atomic E-state index is 0.326. The summed E-state index contributed by atoms with van der Waals surface area (Å²) < 4.78 is 1.98. The van der Waals surface area contributed by atoms with Crippen LogP contribution in [-0.4, -0.2) is 21.3 Å². The van der Waals surface area contributed by atoms with Gasteiger partial charge in [-0.1, -0.05) is 13.8 Å². The van der Waals surface area contributed by atoms with Crippen molar-refractivity contribution < 1.29 is 0 Å². The smallest absolute Gasteiger partial charge is 0.0522 e. The molecule has 2 aromatic rings. The van der Waals surface area contributed by atoms with Gasteiger partial charge in [0.2, 0.25) is 0 Å². The summed E-state index contributed by atoms with van der Waals surface area (Å²) in [4.78, 5) is 4.24. The van der Waals surface area contributed by atoms with Crippen LogP contribution in [-0.2, 0) is 19.4 Å². The normalized spacial score (nSPS) is 12.6.